The van der Waals surface area contributed by atoms with E-state index in [4.69, 9.17) is 11.6 Å². The Hall–Kier alpha value is -1.09. The number of nitrogens with one attached hydrogen (secondary N) is 1. The molecule has 2 aromatic carbocycles. The standard InChI is InChI=1S/C15H13Br2ClN2O3S/c1-20(2)15(21)11-5-4-10(18)8-13(11)19-24(22,23)14-7-9(16)3-6-12(14)17/h3-8,19H,1-2H3. The molecule has 1 N–H and O–H groups in total. The van der Waals surface area contributed by atoms with Crippen molar-refractivity contribution >= 4 is 65.1 Å². The predicted octanol–water partition coefficient (Wildman–Crippen LogP) is 4.37. The van der Waals surface area contributed by atoms with Crippen LogP contribution in [0.4, 0.5) is 5.69 Å². The second-order valence-corrected chi connectivity index (χ2v) is 8.93. The molecule has 0 saturated heterocycles. The number of sulfonamides is 1. The fourth-order valence-corrected chi connectivity index (χ4v) is 4.66. The Morgan fingerprint density at radius 3 is 2.42 bits per heavy atom. The normalized spacial score (nSPS) is 11.2. The largest absolute Gasteiger partial charge is 0.345 e. The van der Waals surface area contributed by atoms with Gasteiger partial charge in [0, 0.05) is 28.1 Å². The number of anilines is 1. The third-order valence-electron chi connectivity index (χ3n) is 3.05. The van der Waals surface area contributed by atoms with Crippen LogP contribution in [0.2, 0.25) is 5.02 Å². The van der Waals surface area contributed by atoms with E-state index in [-0.39, 0.29) is 22.1 Å². The highest BCUT2D eigenvalue weighted by molar-refractivity contribution is 9.11. The van der Waals surface area contributed by atoms with Crippen molar-refractivity contribution in [3.05, 3.63) is 55.9 Å². The number of hydrogen-bond donors (Lipinski definition) is 1. The first-order valence-electron chi connectivity index (χ1n) is 6.61. The van der Waals surface area contributed by atoms with Crippen LogP contribution in [0.15, 0.2) is 50.2 Å². The predicted molar refractivity (Wildman–Crippen MR) is 102 cm³/mol. The van der Waals surface area contributed by atoms with Crippen molar-refractivity contribution < 1.29 is 13.2 Å². The van der Waals surface area contributed by atoms with Crippen molar-refractivity contribution in [2.45, 2.75) is 4.90 Å². The van der Waals surface area contributed by atoms with Crippen molar-refractivity contribution in [1.29, 1.82) is 0 Å². The van der Waals surface area contributed by atoms with Gasteiger partial charge in [-0.3, -0.25) is 9.52 Å². The number of hydrogen-bond acceptors (Lipinski definition) is 3. The van der Waals surface area contributed by atoms with Gasteiger partial charge in [0.1, 0.15) is 4.90 Å². The molecule has 0 aliphatic heterocycles. The van der Waals surface area contributed by atoms with E-state index in [1.54, 1.807) is 26.2 Å². The zero-order valence-corrected chi connectivity index (χ0v) is 17.4. The molecule has 0 atom stereocenters. The fourth-order valence-electron chi connectivity index (χ4n) is 1.91. The maximum Gasteiger partial charge on any atom is 0.263 e. The first kappa shape index (κ1) is 19.2. The molecule has 0 fully saturated rings. The highest BCUT2D eigenvalue weighted by Crippen LogP contribution is 2.29. The maximum atomic E-state index is 12.7. The van der Waals surface area contributed by atoms with Crippen molar-refractivity contribution in [2.24, 2.45) is 0 Å². The summed E-state index contributed by atoms with van der Waals surface area (Å²) in [7, 11) is -0.754. The molecule has 0 heterocycles. The highest BCUT2D eigenvalue weighted by Gasteiger charge is 2.22. The number of carbonyl (C=O) groups is 1. The van der Waals surface area contributed by atoms with Crippen LogP contribution in [0, 0.1) is 0 Å². The van der Waals surface area contributed by atoms with Gasteiger partial charge in [0.25, 0.3) is 15.9 Å². The summed E-state index contributed by atoms with van der Waals surface area (Å²) < 4.78 is 28.9. The van der Waals surface area contributed by atoms with Crippen LogP contribution in [0.25, 0.3) is 0 Å². The van der Waals surface area contributed by atoms with Gasteiger partial charge < -0.3 is 4.90 Å². The molecular formula is C15H13Br2ClN2O3S. The smallest absolute Gasteiger partial charge is 0.263 e. The van der Waals surface area contributed by atoms with Gasteiger partial charge in [-0.1, -0.05) is 27.5 Å². The molecule has 0 saturated carbocycles. The van der Waals surface area contributed by atoms with Gasteiger partial charge in [-0.05, 0) is 52.3 Å². The molecule has 24 heavy (non-hydrogen) atoms. The number of halogens is 3. The number of amides is 1. The topological polar surface area (TPSA) is 66.5 Å². The molecule has 0 aliphatic rings. The Labute approximate surface area is 162 Å². The third kappa shape index (κ3) is 4.30. The average molecular weight is 497 g/mol. The number of rotatable bonds is 4. The summed E-state index contributed by atoms with van der Waals surface area (Å²) in [6.45, 7) is 0. The van der Waals surface area contributed by atoms with Gasteiger partial charge in [0.15, 0.2) is 0 Å². The van der Waals surface area contributed by atoms with E-state index in [2.05, 4.69) is 36.6 Å². The zero-order valence-electron chi connectivity index (χ0n) is 12.7. The summed E-state index contributed by atoms with van der Waals surface area (Å²) in [5.74, 6) is -0.335. The Kier molecular flexibility index (Phi) is 5.95. The Morgan fingerprint density at radius 1 is 1.12 bits per heavy atom. The average Bonchev–Trinajstić information content (AvgIpc) is 2.48. The van der Waals surface area contributed by atoms with Crippen LogP contribution >= 0.6 is 43.5 Å². The van der Waals surface area contributed by atoms with Crippen molar-refractivity contribution in [1.82, 2.24) is 4.90 Å². The fraction of sp³-hybridized carbons (Fsp3) is 0.133. The van der Waals surface area contributed by atoms with Crippen molar-refractivity contribution in [3.8, 4) is 0 Å². The van der Waals surface area contributed by atoms with Crippen LogP contribution in [0.1, 0.15) is 10.4 Å². The lowest BCUT2D eigenvalue weighted by Gasteiger charge is -2.16. The van der Waals surface area contributed by atoms with Crippen LogP contribution in [0.3, 0.4) is 0 Å². The molecule has 128 valence electrons. The molecule has 0 unspecified atom stereocenters. The van der Waals surface area contributed by atoms with Gasteiger partial charge in [-0.15, -0.1) is 0 Å². The molecule has 1 amide bonds. The lowest BCUT2D eigenvalue weighted by molar-refractivity contribution is 0.0828. The molecule has 2 rings (SSSR count). The van der Waals surface area contributed by atoms with Gasteiger partial charge in [0.05, 0.1) is 11.3 Å². The molecular weight excluding hydrogens is 484 g/mol. The van der Waals surface area contributed by atoms with E-state index >= 15 is 0 Å². The van der Waals surface area contributed by atoms with E-state index in [9.17, 15) is 13.2 Å². The second kappa shape index (κ2) is 7.43. The van der Waals surface area contributed by atoms with Crippen LogP contribution in [-0.2, 0) is 10.0 Å². The van der Waals surface area contributed by atoms with Crippen LogP contribution in [-0.4, -0.2) is 33.3 Å². The molecule has 0 bridgehead atoms. The van der Waals surface area contributed by atoms with Crippen molar-refractivity contribution in [2.75, 3.05) is 18.8 Å². The first-order chi connectivity index (χ1) is 11.1. The van der Waals surface area contributed by atoms with E-state index in [0.29, 0.717) is 14.0 Å². The molecule has 9 heteroatoms. The van der Waals surface area contributed by atoms with Gasteiger partial charge in [0.2, 0.25) is 0 Å². The van der Waals surface area contributed by atoms with Crippen molar-refractivity contribution in [3.63, 3.8) is 0 Å². The molecule has 0 aromatic heterocycles. The SMILES string of the molecule is CN(C)C(=O)c1ccc(Cl)cc1NS(=O)(=O)c1cc(Br)ccc1Br. The summed E-state index contributed by atoms with van der Waals surface area (Å²) in [4.78, 5) is 13.7. The summed E-state index contributed by atoms with van der Waals surface area (Å²) in [6, 6.07) is 9.21. The van der Waals surface area contributed by atoms with E-state index in [1.807, 2.05) is 0 Å². The van der Waals surface area contributed by atoms with Gasteiger partial charge in [-0.2, -0.15) is 0 Å². The number of carbonyl (C=O) groups excluding carboxylic acids is 1. The monoisotopic (exact) mass is 494 g/mol. The molecule has 0 aliphatic carbocycles. The number of benzene rings is 2. The minimum Gasteiger partial charge on any atom is -0.345 e. The van der Waals surface area contributed by atoms with E-state index in [0.717, 1.165) is 0 Å². The molecule has 0 spiro atoms. The summed E-state index contributed by atoms with van der Waals surface area (Å²) >= 11 is 12.4. The zero-order chi connectivity index (χ0) is 18.1. The quantitative estimate of drug-likeness (QED) is 0.684. The third-order valence-corrected chi connectivity index (χ3v) is 6.13. The van der Waals surface area contributed by atoms with E-state index < -0.39 is 10.0 Å². The Bertz CT molecular complexity index is 902. The minimum atomic E-state index is -3.92. The summed E-state index contributed by atoms with van der Waals surface area (Å²) in [5.41, 5.74) is 0.326. The van der Waals surface area contributed by atoms with Gasteiger partial charge >= 0.3 is 0 Å². The van der Waals surface area contributed by atoms with Gasteiger partial charge in [-0.25, -0.2) is 8.42 Å². The molecule has 5 nitrogen and oxygen atoms in total. The van der Waals surface area contributed by atoms with Crippen LogP contribution in [0.5, 0.6) is 0 Å². The van der Waals surface area contributed by atoms with E-state index in [1.165, 1.54) is 29.2 Å². The minimum absolute atomic E-state index is 0.0418. The highest BCUT2D eigenvalue weighted by atomic mass is 79.9. The summed E-state index contributed by atoms with van der Waals surface area (Å²) in [5, 5.41) is 0.316. The molecule has 0 radical (unpaired) electrons. The van der Waals surface area contributed by atoms with Crippen LogP contribution < -0.4 is 4.72 Å². The molecule has 2 aromatic rings. The maximum absolute atomic E-state index is 12.7. The first-order valence-corrected chi connectivity index (χ1v) is 10.1. The second-order valence-electron chi connectivity index (χ2n) is 5.07. The Balaban J connectivity index is 2.52. The Morgan fingerprint density at radius 2 is 1.79 bits per heavy atom. The number of nitrogens with zero attached hydrogens (tertiary/aromatic N) is 1. The lowest BCUT2D eigenvalue weighted by Crippen LogP contribution is -2.24. The summed E-state index contributed by atoms with van der Waals surface area (Å²) in [6.07, 6.45) is 0. The lowest BCUT2D eigenvalue weighted by atomic mass is 10.1.